The Bertz CT molecular complexity index is 878. The predicted octanol–water partition coefficient (Wildman–Crippen LogP) is 4.16. The summed E-state index contributed by atoms with van der Waals surface area (Å²) >= 11 is 1.63. The summed E-state index contributed by atoms with van der Waals surface area (Å²) in [6.45, 7) is 4.53. The maximum absolute atomic E-state index is 5.81. The Labute approximate surface area is 169 Å². The standard InChI is InChI=1S/C19H22N4O2S.ClH/c1-13(20-3)9-18-22-19(25-23-18)8-7-15-5-4-6-17(10-15)24-11-16-12-26-14(2)21-16;/h4-8,10,12-13,20H,9,11H2,1-3H3;1H/b8-7+;. The Morgan fingerprint density at radius 1 is 1.30 bits per heavy atom. The number of hydrogen-bond donors (Lipinski definition) is 1. The van der Waals surface area contributed by atoms with E-state index in [0.717, 1.165) is 28.4 Å². The van der Waals surface area contributed by atoms with Crippen LogP contribution in [0.25, 0.3) is 12.2 Å². The third-order valence-electron chi connectivity index (χ3n) is 3.80. The predicted molar refractivity (Wildman–Crippen MR) is 110 cm³/mol. The van der Waals surface area contributed by atoms with Gasteiger partial charge < -0.3 is 14.6 Å². The fourth-order valence-electron chi connectivity index (χ4n) is 2.30. The number of hydrogen-bond acceptors (Lipinski definition) is 7. The molecule has 3 aromatic rings. The van der Waals surface area contributed by atoms with Crippen LogP contribution in [0.3, 0.4) is 0 Å². The van der Waals surface area contributed by atoms with E-state index < -0.39 is 0 Å². The van der Waals surface area contributed by atoms with E-state index in [-0.39, 0.29) is 12.4 Å². The topological polar surface area (TPSA) is 73.1 Å². The molecule has 1 N–H and O–H groups in total. The molecule has 27 heavy (non-hydrogen) atoms. The van der Waals surface area contributed by atoms with Gasteiger partial charge in [-0.15, -0.1) is 23.7 Å². The Morgan fingerprint density at radius 2 is 2.15 bits per heavy atom. The molecule has 0 aliphatic carbocycles. The molecular weight excluding hydrogens is 384 g/mol. The maximum Gasteiger partial charge on any atom is 0.250 e. The number of halogens is 1. The van der Waals surface area contributed by atoms with Gasteiger partial charge in [0.2, 0.25) is 0 Å². The third kappa shape index (κ3) is 6.46. The molecule has 1 aromatic carbocycles. The van der Waals surface area contributed by atoms with Crippen molar-refractivity contribution in [3.8, 4) is 5.75 Å². The van der Waals surface area contributed by atoms with Crippen LogP contribution in [0.1, 0.15) is 34.9 Å². The lowest BCUT2D eigenvalue weighted by molar-refractivity contribution is 0.302. The van der Waals surface area contributed by atoms with E-state index >= 15 is 0 Å². The van der Waals surface area contributed by atoms with Gasteiger partial charge in [0.25, 0.3) is 5.89 Å². The highest BCUT2D eigenvalue weighted by Gasteiger charge is 2.07. The first-order valence-corrected chi connectivity index (χ1v) is 9.32. The zero-order valence-electron chi connectivity index (χ0n) is 15.5. The van der Waals surface area contributed by atoms with Crippen molar-refractivity contribution in [2.24, 2.45) is 0 Å². The Kier molecular flexibility index (Phi) is 7.97. The van der Waals surface area contributed by atoms with Gasteiger partial charge in [0.1, 0.15) is 12.4 Å². The number of ether oxygens (including phenoxy) is 1. The summed E-state index contributed by atoms with van der Waals surface area (Å²) in [5, 5.41) is 10.2. The van der Waals surface area contributed by atoms with Gasteiger partial charge in [-0.3, -0.25) is 0 Å². The molecule has 1 atom stereocenters. The molecule has 0 aliphatic heterocycles. The van der Waals surface area contributed by atoms with Gasteiger partial charge in [-0.1, -0.05) is 17.3 Å². The van der Waals surface area contributed by atoms with Gasteiger partial charge in [-0.05, 0) is 44.7 Å². The number of aromatic nitrogens is 3. The molecule has 0 spiro atoms. The molecule has 0 amide bonds. The van der Waals surface area contributed by atoms with Gasteiger partial charge in [0, 0.05) is 23.9 Å². The van der Waals surface area contributed by atoms with Crippen LogP contribution in [0.15, 0.2) is 34.2 Å². The molecule has 144 valence electrons. The lowest BCUT2D eigenvalue weighted by Crippen LogP contribution is -2.24. The van der Waals surface area contributed by atoms with E-state index in [4.69, 9.17) is 9.26 Å². The van der Waals surface area contributed by atoms with Crippen LogP contribution < -0.4 is 10.1 Å². The van der Waals surface area contributed by atoms with Crippen LogP contribution in [0.2, 0.25) is 0 Å². The molecule has 1 unspecified atom stereocenters. The number of aryl methyl sites for hydroxylation is 1. The highest BCUT2D eigenvalue weighted by molar-refractivity contribution is 7.09. The first kappa shape index (κ1) is 21.1. The molecule has 3 rings (SSSR count). The van der Waals surface area contributed by atoms with E-state index in [1.165, 1.54) is 0 Å². The largest absolute Gasteiger partial charge is 0.487 e. The monoisotopic (exact) mass is 406 g/mol. The van der Waals surface area contributed by atoms with Crippen molar-refractivity contribution in [2.75, 3.05) is 7.05 Å². The summed E-state index contributed by atoms with van der Waals surface area (Å²) in [4.78, 5) is 8.77. The summed E-state index contributed by atoms with van der Waals surface area (Å²) in [7, 11) is 1.91. The van der Waals surface area contributed by atoms with Gasteiger partial charge in [-0.2, -0.15) is 4.98 Å². The lowest BCUT2D eigenvalue weighted by Gasteiger charge is -2.05. The molecular formula is C19H23ClN4O2S. The van der Waals surface area contributed by atoms with Crippen LogP contribution in [0.4, 0.5) is 0 Å². The molecule has 0 radical (unpaired) electrons. The summed E-state index contributed by atoms with van der Waals surface area (Å²) in [5.74, 6) is 1.99. The minimum atomic E-state index is 0. The second-order valence-corrected chi connectivity index (χ2v) is 7.06. The number of likely N-dealkylation sites (N-methyl/N-ethyl adjacent to an activating group) is 1. The van der Waals surface area contributed by atoms with E-state index in [1.54, 1.807) is 11.3 Å². The van der Waals surface area contributed by atoms with Crippen LogP contribution in [-0.2, 0) is 13.0 Å². The third-order valence-corrected chi connectivity index (χ3v) is 4.62. The number of nitrogens with zero attached hydrogens (tertiary/aromatic N) is 3. The van der Waals surface area contributed by atoms with Crippen molar-refractivity contribution in [3.05, 3.63) is 57.6 Å². The molecule has 0 bridgehead atoms. The summed E-state index contributed by atoms with van der Waals surface area (Å²) in [6.07, 6.45) is 4.47. The van der Waals surface area contributed by atoms with Gasteiger partial charge in [0.05, 0.1) is 10.7 Å². The van der Waals surface area contributed by atoms with Crippen molar-refractivity contribution in [1.29, 1.82) is 0 Å². The Morgan fingerprint density at radius 3 is 2.89 bits per heavy atom. The van der Waals surface area contributed by atoms with Crippen molar-refractivity contribution < 1.29 is 9.26 Å². The second-order valence-electron chi connectivity index (χ2n) is 6.00. The van der Waals surface area contributed by atoms with Crippen molar-refractivity contribution >= 4 is 35.9 Å². The zero-order valence-corrected chi connectivity index (χ0v) is 17.1. The van der Waals surface area contributed by atoms with Crippen molar-refractivity contribution in [2.45, 2.75) is 32.9 Å². The van der Waals surface area contributed by atoms with Crippen LogP contribution in [-0.4, -0.2) is 28.2 Å². The lowest BCUT2D eigenvalue weighted by atomic mass is 10.2. The summed E-state index contributed by atoms with van der Waals surface area (Å²) in [6, 6.07) is 8.15. The van der Waals surface area contributed by atoms with Gasteiger partial charge in [0.15, 0.2) is 5.82 Å². The molecule has 0 saturated carbocycles. The molecule has 2 heterocycles. The first-order chi connectivity index (χ1) is 12.6. The number of thiazole rings is 1. The second kappa shape index (κ2) is 10.2. The minimum absolute atomic E-state index is 0. The van der Waals surface area contributed by atoms with E-state index in [9.17, 15) is 0 Å². The maximum atomic E-state index is 5.81. The first-order valence-electron chi connectivity index (χ1n) is 8.44. The average molecular weight is 407 g/mol. The van der Waals surface area contributed by atoms with E-state index in [1.807, 2.05) is 55.8 Å². The quantitative estimate of drug-likeness (QED) is 0.605. The normalized spacial score (nSPS) is 12.1. The number of benzene rings is 1. The van der Waals surface area contributed by atoms with Crippen LogP contribution in [0, 0.1) is 6.92 Å². The number of rotatable bonds is 8. The van der Waals surface area contributed by atoms with Gasteiger partial charge in [-0.25, -0.2) is 4.98 Å². The Balaban J connectivity index is 0.00000261. The molecule has 2 aromatic heterocycles. The Hall–Kier alpha value is -2.22. The summed E-state index contributed by atoms with van der Waals surface area (Å²) in [5.41, 5.74) is 1.95. The zero-order chi connectivity index (χ0) is 18.4. The highest BCUT2D eigenvalue weighted by Crippen LogP contribution is 2.18. The van der Waals surface area contributed by atoms with E-state index in [2.05, 4.69) is 27.4 Å². The fraction of sp³-hybridized carbons (Fsp3) is 0.316. The molecule has 0 saturated heterocycles. The molecule has 6 nitrogen and oxygen atoms in total. The van der Waals surface area contributed by atoms with Crippen molar-refractivity contribution in [1.82, 2.24) is 20.4 Å². The minimum Gasteiger partial charge on any atom is -0.487 e. The smallest absolute Gasteiger partial charge is 0.250 e. The highest BCUT2D eigenvalue weighted by atomic mass is 35.5. The fourth-order valence-corrected chi connectivity index (χ4v) is 2.90. The summed E-state index contributed by atoms with van der Waals surface area (Å²) < 4.78 is 11.1. The molecule has 0 aliphatic rings. The molecule has 8 heteroatoms. The average Bonchev–Trinajstić information content (AvgIpc) is 3.27. The molecule has 0 fully saturated rings. The van der Waals surface area contributed by atoms with Crippen molar-refractivity contribution in [3.63, 3.8) is 0 Å². The number of nitrogens with one attached hydrogen (secondary N) is 1. The van der Waals surface area contributed by atoms with Crippen LogP contribution >= 0.6 is 23.7 Å². The van der Waals surface area contributed by atoms with E-state index in [0.29, 0.717) is 24.4 Å². The van der Waals surface area contributed by atoms with Gasteiger partial charge >= 0.3 is 0 Å². The van der Waals surface area contributed by atoms with Crippen LogP contribution in [0.5, 0.6) is 5.75 Å². The SMILES string of the molecule is CNC(C)Cc1noc(/C=C/c2cccc(OCc3csc(C)n3)c2)n1.Cl.